The summed E-state index contributed by atoms with van der Waals surface area (Å²) in [6, 6.07) is 40.3. The monoisotopic (exact) mass is 725 g/mol. The third-order valence-corrected chi connectivity index (χ3v) is 10.1. The Balaban J connectivity index is 1.18. The smallest absolute Gasteiger partial charge is 0.166 e. The molecular weight excluding hydrogens is 685 g/mol. The third kappa shape index (κ3) is 5.37. The van der Waals surface area contributed by atoms with Crippen LogP contribution in [0.5, 0.6) is 0 Å². The molecule has 0 radical (unpaired) electrons. The molecule has 0 saturated carbocycles. The Bertz CT molecular complexity index is 3750. The van der Waals surface area contributed by atoms with E-state index in [1.54, 1.807) is 22.8 Å². The minimum atomic E-state index is -0.516. The summed E-state index contributed by atoms with van der Waals surface area (Å²) in [5.74, 6) is 1.02. The third-order valence-electron chi connectivity index (χ3n) is 10.1. The van der Waals surface area contributed by atoms with Crippen LogP contribution in [0.3, 0.4) is 0 Å². The second-order valence-electron chi connectivity index (χ2n) is 13.4. The van der Waals surface area contributed by atoms with Gasteiger partial charge in [-0.25, -0.2) is 15.0 Å². The van der Waals surface area contributed by atoms with Crippen LogP contribution in [0.4, 0.5) is 0 Å². The van der Waals surface area contributed by atoms with Gasteiger partial charge in [0, 0.05) is 38.2 Å². The first-order valence-corrected chi connectivity index (χ1v) is 18.0. The lowest BCUT2D eigenvalue weighted by Crippen LogP contribution is -2.03. The van der Waals surface area contributed by atoms with E-state index in [0.717, 1.165) is 33.0 Å². The van der Waals surface area contributed by atoms with Crippen molar-refractivity contribution in [1.29, 1.82) is 0 Å². The summed E-state index contributed by atoms with van der Waals surface area (Å²) in [7, 11) is 0. The van der Waals surface area contributed by atoms with E-state index in [1.807, 2.05) is 121 Å². The highest BCUT2D eigenvalue weighted by Crippen LogP contribution is 2.39. The molecule has 0 unspecified atom stereocenters. The molecular formula is C51H32N4O. The first-order valence-electron chi connectivity index (χ1n) is 22.5. The molecule has 11 aromatic rings. The van der Waals surface area contributed by atoms with E-state index in [4.69, 9.17) is 30.3 Å². The van der Waals surface area contributed by atoms with Gasteiger partial charge in [-0.3, -0.25) is 0 Å². The molecule has 5 nitrogen and oxygen atoms in total. The molecule has 0 spiro atoms. The molecule has 3 aromatic heterocycles. The topological polar surface area (TPSA) is 56.7 Å². The Morgan fingerprint density at radius 2 is 1.02 bits per heavy atom. The Morgan fingerprint density at radius 3 is 1.89 bits per heavy atom. The van der Waals surface area contributed by atoms with E-state index in [-0.39, 0.29) is 46.5 Å². The van der Waals surface area contributed by atoms with Crippen molar-refractivity contribution in [2.24, 2.45) is 0 Å². The van der Waals surface area contributed by atoms with Gasteiger partial charge in [0.05, 0.1) is 29.1 Å². The highest BCUT2D eigenvalue weighted by atomic mass is 16.3. The Hall–Kier alpha value is -7.63. The van der Waals surface area contributed by atoms with Gasteiger partial charge in [-0.15, -0.1) is 0 Å². The molecule has 0 fully saturated rings. The Morgan fingerprint density at radius 1 is 0.393 bits per heavy atom. The second kappa shape index (κ2) is 13.0. The van der Waals surface area contributed by atoms with Gasteiger partial charge in [0.25, 0.3) is 0 Å². The maximum atomic E-state index is 9.28. The molecule has 3 heterocycles. The number of para-hydroxylation sites is 3. The van der Waals surface area contributed by atoms with Crippen molar-refractivity contribution in [2.75, 3.05) is 0 Å². The molecule has 0 atom stereocenters. The number of rotatable bonds is 6. The molecule has 0 aliphatic heterocycles. The van der Waals surface area contributed by atoms with Crippen LogP contribution in [0.1, 0.15) is 12.3 Å². The lowest BCUT2D eigenvalue weighted by molar-refractivity contribution is 0.669. The van der Waals surface area contributed by atoms with E-state index in [1.165, 1.54) is 0 Å². The first-order chi connectivity index (χ1) is 31.5. The van der Waals surface area contributed by atoms with Crippen LogP contribution in [-0.4, -0.2) is 19.5 Å². The van der Waals surface area contributed by atoms with Gasteiger partial charge in [0.1, 0.15) is 11.2 Å². The van der Waals surface area contributed by atoms with Crippen LogP contribution in [-0.2, 0) is 0 Å². The van der Waals surface area contributed by atoms with Crippen LogP contribution in [0.25, 0.3) is 106 Å². The zero-order chi connectivity index (χ0) is 44.8. The van der Waals surface area contributed by atoms with Crippen molar-refractivity contribution in [3.63, 3.8) is 0 Å². The lowest BCUT2D eigenvalue weighted by Gasteiger charge is -2.15. The highest BCUT2D eigenvalue weighted by molar-refractivity contribution is 6.11. The molecule has 11 rings (SSSR count). The fourth-order valence-electron chi connectivity index (χ4n) is 7.44. The lowest BCUT2D eigenvalue weighted by atomic mass is 10.0. The molecule has 0 aliphatic rings. The standard InChI is InChI=1S/C51H32N4O/c1-3-13-33(14-4-1)35-23-25-36(26-24-35)49-52-50(38-28-30-42-41-18-9-12-22-47(41)56-48(42)32-38)54-51(53-49)43-19-8-11-21-45(43)55-44-20-10-7-17-39(44)40-29-27-37(31-46(40)55)34-15-5-2-6-16-34/h1-32H/i2D,5D,6D,7D,10D,15D,16D,17D,20D. The van der Waals surface area contributed by atoms with Crippen molar-refractivity contribution < 1.29 is 16.8 Å². The number of nitrogens with zero attached hydrogens (tertiary/aromatic N) is 4. The van der Waals surface area contributed by atoms with Crippen molar-refractivity contribution in [3.05, 3.63) is 194 Å². The molecule has 0 N–H and O–H groups in total. The summed E-state index contributed by atoms with van der Waals surface area (Å²) in [6.07, 6.45) is 0. The number of fused-ring (bicyclic) bond motifs is 6. The predicted octanol–water partition coefficient (Wildman–Crippen LogP) is 13.2. The van der Waals surface area contributed by atoms with Gasteiger partial charge in [0.2, 0.25) is 0 Å². The van der Waals surface area contributed by atoms with Gasteiger partial charge in [-0.1, -0.05) is 151 Å². The molecule has 0 aliphatic carbocycles. The largest absolute Gasteiger partial charge is 0.456 e. The molecule has 0 bridgehead atoms. The maximum Gasteiger partial charge on any atom is 0.166 e. The summed E-state index contributed by atoms with van der Waals surface area (Å²) in [4.78, 5) is 15.2. The van der Waals surface area contributed by atoms with Crippen molar-refractivity contribution in [2.45, 2.75) is 0 Å². The molecule has 0 amide bonds. The fraction of sp³-hybridized carbons (Fsp3) is 0. The Labute approximate surface area is 335 Å². The summed E-state index contributed by atoms with van der Waals surface area (Å²) < 4.78 is 86.3. The molecule has 8 aromatic carbocycles. The summed E-state index contributed by atoms with van der Waals surface area (Å²) in [5, 5.41) is 2.65. The van der Waals surface area contributed by atoms with E-state index in [2.05, 4.69) is 0 Å². The quantitative estimate of drug-likeness (QED) is 0.171. The maximum absolute atomic E-state index is 9.28. The van der Waals surface area contributed by atoms with Crippen LogP contribution in [0.2, 0.25) is 0 Å². The fourth-order valence-corrected chi connectivity index (χ4v) is 7.44. The molecule has 5 heteroatoms. The minimum absolute atomic E-state index is 0.0194. The molecule has 262 valence electrons. The zero-order valence-corrected chi connectivity index (χ0v) is 29.5. The number of hydrogen-bond donors (Lipinski definition) is 0. The molecule has 56 heavy (non-hydrogen) atoms. The van der Waals surface area contributed by atoms with Gasteiger partial charge in [-0.2, -0.15) is 0 Å². The van der Waals surface area contributed by atoms with Gasteiger partial charge < -0.3 is 8.98 Å². The van der Waals surface area contributed by atoms with Gasteiger partial charge in [0.15, 0.2) is 17.5 Å². The van der Waals surface area contributed by atoms with Gasteiger partial charge in [-0.05, 0) is 64.7 Å². The average Bonchev–Trinajstić information content (AvgIpc) is 3.89. The van der Waals surface area contributed by atoms with E-state index in [9.17, 15) is 1.37 Å². The van der Waals surface area contributed by atoms with Crippen LogP contribution in [0.15, 0.2) is 198 Å². The van der Waals surface area contributed by atoms with E-state index < -0.39 is 30.2 Å². The number of furan rings is 1. The van der Waals surface area contributed by atoms with Crippen molar-refractivity contribution in [1.82, 2.24) is 19.5 Å². The van der Waals surface area contributed by atoms with Crippen LogP contribution in [0, 0.1) is 0 Å². The van der Waals surface area contributed by atoms with Crippen molar-refractivity contribution in [3.8, 4) is 62.1 Å². The molecule has 0 saturated heterocycles. The first kappa shape index (κ1) is 23.9. The average molecular weight is 726 g/mol. The van der Waals surface area contributed by atoms with E-state index >= 15 is 0 Å². The summed E-state index contributed by atoms with van der Waals surface area (Å²) in [5.41, 5.74) is 6.73. The van der Waals surface area contributed by atoms with Gasteiger partial charge >= 0.3 is 0 Å². The minimum Gasteiger partial charge on any atom is -0.456 e. The zero-order valence-electron chi connectivity index (χ0n) is 38.5. The van der Waals surface area contributed by atoms with Crippen LogP contribution >= 0.6 is 0 Å². The highest BCUT2D eigenvalue weighted by Gasteiger charge is 2.20. The SMILES string of the molecule is [2H]c1c([2H])c([2H])c(-c2ccc3c4c([2H])c([2H])c([2H])c([2H])c4n(-c4ccccc4-c4nc(-c5ccc(-c6ccccc6)cc5)nc(-c5ccc6c(c5)oc5ccccc56)n4)c3c2)c([2H])c1[2H]. The Kier molecular flexibility index (Phi) is 5.57. The number of benzene rings is 8. The van der Waals surface area contributed by atoms with E-state index in [0.29, 0.717) is 50.5 Å². The summed E-state index contributed by atoms with van der Waals surface area (Å²) >= 11 is 0. The second-order valence-corrected chi connectivity index (χ2v) is 13.4. The number of aromatic nitrogens is 4. The number of hydrogen-bond acceptors (Lipinski definition) is 4. The normalized spacial score (nSPS) is 13.8. The van der Waals surface area contributed by atoms with Crippen molar-refractivity contribution >= 4 is 43.7 Å². The summed E-state index contributed by atoms with van der Waals surface area (Å²) in [6.45, 7) is 0. The predicted molar refractivity (Wildman–Crippen MR) is 229 cm³/mol. The van der Waals surface area contributed by atoms with Crippen LogP contribution < -0.4 is 0 Å².